The van der Waals surface area contributed by atoms with E-state index in [4.69, 9.17) is 0 Å². The van der Waals surface area contributed by atoms with Crippen LogP contribution in [-0.2, 0) is 11.3 Å². The number of carbonyl (C=O) groups is 1. The first-order valence-corrected chi connectivity index (χ1v) is 4.62. The quantitative estimate of drug-likeness (QED) is 0.730. The largest absolute Gasteiger partial charge is 0.450 e. The fourth-order valence-electron chi connectivity index (χ4n) is 1.02. The van der Waals surface area contributed by atoms with E-state index in [1.54, 1.807) is 0 Å². The molecule has 1 rings (SSSR count). The van der Waals surface area contributed by atoms with Crippen molar-refractivity contribution in [1.82, 2.24) is 0 Å². The molecule has 0 amide bonds. The van der Waals surface area contributed by atoms with E-state index in [-0.39, 0.29) is 6.54 Å². The molecule has 2 nitrogen and oxygen atoms in total. The summed E-state index contributed by atoms with van der Waals surface area (Å²) in [6.45, 7) is 0.284. The number of hydrogen-bond donors (Lipinski definition) is 0. The molecule has 0 unspecified atom stereocenters. The normalized spacial score (nSPS) is 11.9. The number of hydrogen-bond acceptors (Lipinski definition) is 2. The van der Waals surface area contributed by atoms with Crippen LogP contribution in [0, 0.1) is 0 Å². The molecule has 0 bridgehead atoms. The molecule has 0 spiro atoms. The lowest BCUT2D eigenvalue weighted by Crippen LogP contribution is -2.22. The summed E-state index contributed by atoms with van der Waals surface area (Å²) in [6, 6.07) is 9.07. The molecule has 0 fully saturated rings. The molecule has 0 saturated carbocycles. The standard InChI is InChI=1S/C11H10F3NO/c12-11(13,14)10(16)6-7-15-8-9-4-2-1-3-5-9/h1-5,7H,6,8H2. The topological polar surface area (TPSA) is 29.4 Å². The molecule has 0 atom stereocenters. The van der Waals surface area contributed by atoms with Crippen LogP contribution in [-0.4, -0.2) is 18.2 Å². The summed E-state index contributed by atoms with van der Waals surface area (Å²) >= 11 is 0. The van der Waals surface area contributed by atoms with Gasteiger partial charge >= 0.3 is 6.18 Å². The number of nitrogens with zero attached hydrogens (tertiary/aromatic N) is 1. The lowest BCUT2D eigenvalue weighted by molar-refractivity contribution is -0.169. The Balaban J connectivity index is 2.37. The van der Waals surface area contributed by atoms with Crippen LogP contribution in [0.4, 0.5) is 13.2 Å². The van der Waals surface area contributed by atoms with Crippen molar-refractivity contribution >= 4 is 12.0 Å². The second-order valence-electron chi connectivity index (χ2n) is 3.13. The molecule has 0 aromatic heterocycles. The summed E-state index contributed by atoms with van der Waals surface area (Å²) in [6.07, 6.45) is -4.46. The minimum atomic E-state index is -4.77. The van der Waals surface area contributed by atoms with E-state index in [0.29, 0.717) is 0 Å². The molecule has 0 radical (unpaired) electrons. The lowest BCUT2D eigenvalue weighted by Gasteiger charge is -2.00. The van der Waals surface area contributed by atoms with Gasteiger partial charge < -0.3 is 0 Å². The third kappa shape index (κ3) is 4.25. The highest BCUT2D eigenvalue weighted by atomic mass is 19.4. The minimum absolute atomic E-state index is 0.284. The van der Waals surface area contributed by atoms with E-state index < -0.39 is 18.4 Å². The van der Waals surface area contributed by atoms with Crippen molar-refractivity contribution in [3.63, 3.8) is 0 Å². The molecule has 86 valence electrons. The van der Waals surface area contributed by atoms with Gasteiger partial charge in [-0.25, -0.2) is 0 Å². The molecule has 0 aliphatic rings. The Morgan fingerprint density at radius 3 is 2.44 bits per heavy atom. The van der Waals surface area contributed by atoms with Gasteiger partial charge in [-0.3, -0.25) is 9.79 Å². The second-order valence-corrected chi connectivity index (χ2v) is 3.13. The van der Waals surface area contributed by atoms with E-state index in [0.717, 1.165) is 11.8 Å². The Hall–Kier alpha value is -1.65. The molecule has 1 aromatic rings. The van der Waals surface area contributed by atoms with Crippen LogP contribution in [0.3, 0.4) is 0 Å². The molecule has 0 aliphatic heterocycles. The zero-order valence-electron chi connectivity index (χ0n) is 8.37. The summed E-state index contributed by atoms with van der Waals surface area (Å²) in [5.41, 5.74) is 0.887. The van der Waals surface area contributed by atoms with Crippen molar-refractivity contribution in [2.24, 2.45) is 4.99 Å². The third-order valence-electron chi connectivity index (χ3n) is 1.84. The lowest BCUT2D eigenvalue weighted by atomic mass is 10.2. The van der Waals surface area contributed by atoms with Crippen molar-refractivity contribution in [2.45, 2.75) is 19.1 Å². The van der Waals surface area contributed by atoms with Gasteiger partial charge in [0.15, 0.2) is 0 Å². The maximum Gasteiger partial charge on any atom is 0.450 e. The van der Waals surface area contributed by atoms with Crippen molar-refractivity contribution < 1.29 is 18.0 Å². The number of carbonyl (C=O) groups excluding carboxylic acids is 1. The fraction of sp³-hybridized carbons (Fsp3) is 0.273. The van der Waals surface area contributed by atoms with E-state index in [2.05, 4.69) is 4.99 Å². The van der Waals surface area contributed by atoms with Gasteiger partial charge in [-0.2, -0.15) is 13.2 Å². The Morgan fingerprint density at radius 1 is 1.25 bits per heavy atom. The molecular weight excluding hydrogens is 219 g/mol. The molecule has 0 N–H and O–H groups in total. The van der Waals surface area contributed by atoms with Gasteiger partial charge in [0, 0.05) is 6.21 Å². The zero-order valence-corrected chi connectivity index (χ0v) is 8.37. The van der Waals surface area contributed by atoms with E-state index in [1.165, 1.54) is 0 Å². The van der Waals surface area contributed by atoms with Crippen molar-refractivity contribution in [2.75, 3.05) is 0 Å². The summed E-state index contributed by atoms with van der Waals surface area (Å²) in [7, 11) is 0. The van der Waals surface area contributed by atoms with Crippen molar-refractivity contribution in [3.8, 4) is 0 Å². The Labute approximate surface area is 90.8 Å². The summed E-state index contributed by atoms with van der Waals surface area (Å²) in [5.74, 6) is -1.77. The highest BCUT2D eigenvalue weighted by Gasteiger charge is 2.36. The number of halogens is 3. The van der Waals surface area contributed by atoms with Gasteiger partial charge in [0.05, 0.1) is 13.0 Å². The molecule has 5 heteroatoms. The minimum Gasteiger partial charge on any atom is -0.292 e. The number of ketones is 1. The Bertz CT molecular complexity index is 371. The highest BCUT2D eigenvalue weighted by molar-refractivity contribution is 5.94. The average molecular weight is 229 g/mol. The maximum atomic E-state index is 11.8. The average Bonchev–Trinajstić information content (AvgIpc) is 2.24. The second kappa shape index (κ2) is 5.44. The smallest absolute Gasteiger partial charge is 0.292 e. The van der Waals surface area contributed by atoms with Crippen molar-refractivity contribution in [1.29, 1.82) is 0 Å². The number of Topliss-reactive ketones (excluding diaryl/α,β-unsaturated/α-hetero) is 1. The number of aliphatic imine (C=N–C) groups is 1. The fourth-order valence-corrected chi connectivity index (χ4v) is 1.02. The molecule has 0 saturated heterocycles. The van der Waals surface area contributed by atoms with Crippen LogP contribution in [0.2, 0.25) is 0 Å². The molecule has 0 aliphatic carbocycles. The summed E-state index contributed by atoms with van der Waals surface area (Å²) < 4.78 is 35.4. The first kappa shape index (κ1) is 12.4. The van der Waals surface area contributed by atoms with Gasteiger partial charge in [0.2, 0.25) is 5.78 Å². The maximum absolute atomic E-state index is 11.8. The number of alkyl halides is 3. The first-order chi connectivity index (χ1) is 7.50. The van der Waals surface area contributed by atoms with E-state index in [1.807, 2.05) is 30.3 Å². The molecule has 16 heavy (non-hydrogen) atoms. The molecule has 0 heterocycles. The van der Waals surface area contributed by atoms with Crippen LogP contribution in [0.25, 0.3) is 0 Å². The van der Waals surface area contributed by atoms with Crippen LogP contribution in [0.1, 0.15) is 12.0 Å². The monoisotopic (exact) mass is 229 g/mol. The van der Waals surface area contributed by atoms with Crippen LogP contribution in [0.5, 0.6) is 0 Å². The van der Waals surface area contributed by atoms with Crippen LogP contribution in [0.15, 0.2) is 35.3 Å². The third-order valence-corrected chi connectivity index (χ3v) is 1.84. The number of rotatable bonds is 4. The van der Waals surface area contributed by atoms with Gasteiger partial charge in [0.1, 0.15) is 0 Å². The SMILES string of the molecule is O=C(CC=NCc1ccccc1)C(F)(F)F. The summed E-state index contributed by atoms with van der Waals surface area (Å²) in [5, 5.41) is 0. The van der Waals surface area contributed by atoms with Gasteiger partial charge in [-0.15, -0.1) is 0 Å². The predicted octanol–water partition coefficient (Wildman–Crippen LogP) is 2.78. The van der Waals surface area contributed by atoms with Gasteiger partial charge in [0.25, 0.3) is 0 Å². The predicted molar refractivity (Wildman–Crippen MR) is 54.3 cm³/mol. The molecule has 1 aromatic carbocycles. The highest BCUT2D eigenvalue weighted by Crippen LogP contribution is 2.16. The van der Waals surface area contributed by atoms with Gasteiger partial charge in [-0.05, 0) is 5.56 Å². The van der Waals surface area contributed by atoms with Crippen LogP contribution < -0.4 is 0 Å². The van der Waals surface area contributed by atoms with Crippen LogP contribution >= 0.6 is 0 Å². The Kier molecular flexibility index (Phi) is 4.22. The summed E-state index contributed by atoms with van der Waals surface area (Å²) in [4.78, 5) is 14.2. The van der Waals surface area contributed by atoms with E-state index >= 15 is 0 Å². The molecular formula is C11H10F3NO. The number of benzene rings is 1. The van der Waals surface area contributed by atoms with Crippen molar-refractivity contribution in [3.05, 3.63) is 35.9 Å². The van der Waals surface area contributed by atoms with Gasteiger partial charge in [-0.1, -0.05) is 30.3 Å². The zero-order chi connectivity index (χ0) is 12.0. The Morgan fingerprint density at radius 2 is 1.88 bits per heavy atom. The first-order valence-electron chi connectivity index (χ1n) is 4.62. The van der Waals surface area contributed by atoms with E-state index in [9.17, 15) is 18.0 Å².